The minimum atomic E-state index is -1.04. The third-order valence-corrected chi connectivity index (χ3v) is 7.18. The molecule has 122 valence electrons. The molecule has 1 saturated carbocycles. The van der Waals surface area contributed by atoms with Crippen molar-refractivity contribution in [2.75, 3.05) is 0 Å². The summed E-state index contributed by atoms with van der Waals surface area (Å²) in [7, 11) is -1.04. The van der Waals surface area contributed by atoms with Crippen molar-refractivity contribution in [2.24, 2.45) is 5.92 Å². The summed E-state index contributed by atoms with van der Waals surface area (Å²) in [6, 6.07) is 9.93. The molecule has 2 nitrogen and oxygen atoms in total. The van der Waals surface area contributed by atoms with Crippen molar-refractivity contribution >= 4 is 10.8 Å². The van der Waals surface area contributed by atoms with Crippen LogP contribution in [0.2, 0.25) is 0 Å². The van der Waals surface area contributed by atoms with E-state index in [1.54, 1.807) is 0 Å². The number of hydrogen-bond donors (Lipinski definition) is 0. The Hall–Kier alpha value is -0.670. The lowest BCUT2D eigenvalue weighted by Gasteiger charge is -2.28. The van der Waals surface area contributed by atoms with Crippen molar-refractivity contribution in [1.82, 2.24) is 0 Å². The van der Waals surface area contributed by atoms with Crippen LogP contribution in [0.25, 0.3) is 0 Å². The van der Waals surface area contributed by atoms with Crippen LogP contribution in [0.15, 0.2) is 35.2 Å². The van der Waals surface area contributed by atoms with Gasteiger partial charge in [0.25, 0.3) is 0 Å². The van der Waals surface area contributed by atoms with Crippen LogP contribution >= 0.6 is 0 Å². The van der Waals surface area contributed by atoms with E-state index >= 15 is 0 Å². The van der Waals surface area contributed by atoms with Gasteiger partial charge >= 0.3 is 0 Å². The Morgan fingerprint density at radius 2 is 1.86 bits per heavy atom. The van der Waals surface area contributed by atoms with Gasteiger partial charge in [0.1, 0.15) is 6.10 Å². The predicted octanol–water partition coefficient (Wildman–Crippen LogP) is 5.05. The molecular formula is C19H28O2S. The molecule has 0 radical (unpaired) electrons. The number of epoxide rings is 1. The molecule has 0 spiro atoms. The van der Waals surface area contributed by atoms with Crippen LogP contribution in [0.3, 0.4) is 0 Å². The highest BCUT2D eigenvalue weighted by molar-refractivity contribution is 7.86. The largest absolute Gasteiger partial charge is 0.351 e. The second-order valence-electron chi connectivity index (χ2n) is 6.74. The molecule has 1 aliphatic carbocycles. The first-order valence-corrected chi connectivity index (χ1v) is 10.1. The van der Waals surface area contributed by atoms with Gasteiger partial charge in [-0.2, -0.15) is 0 Å². The van der Waals surface area contributed by atoms with Gasteiger partial charge in [-0.05, 0) is 31.4 Å². The van der Waals surface area contributed by atoms with E-state index in [4.69, 9.17) is 4.74 Å². The van der Waals surface area contributed by atoms with Crippen molar-refractivity contribution in [2.45, 2.75) is 80.6 Å². The molecule has 1 heterocycles. The van der Waals surface area contributed by atoms with Gasteiger partial charge in [0.2, 0.25) is 0 Å². The van der Waals surface area contributed by atoms with E-state index in [1.165, 1.54) is 51.4 Å². The number of rotatable bonds is 7. The monoisotopic (exact) mass is 320 g/mol. The Kier molecular flexibility index (Phi) is 5.35. The topological polar surface area (TPSA) is 29.6 Å². The van der Waals surface area contributed by atoms with Crippen LogP contribution in [0.1, 0.15) is 64.7 Å². The van der Waals surface area contributed by atoms with Crippen LogP contribution in [0.4, 0.5) is 0 Å². The Labute approximate surface area is 137 Å². The molecule has 22 heavy (non-hydrogen) atoms. The lowest BCUT2D eigenvalue weighted by Crippen LogP contribution is -2.33. The maximum absolute atomic E-state index is 13.3. The van der Waals surface area contributed by atoms with Crippen LogP contribution < -0.4 is 0 Å². The van der Waals surface area contributed by atoms with Gasteiger partial charge in [0.05, 0.1) is 10.8 Å². The van der Waals surface area contributed by atoms with Crippen LogP contribution in [-0.4, -0.2) is 15.2 Å². The van der Waals surface area contributed by atoms with E-state index in [-0.39, 0.29) is 11.0 Å². The summed E-state index contributed by atoms with van der Waals surface area (Å²) in [5, 5.41) is 0. The molecule has 1 saturated heterocycles. The Bertz CT molecular complexity index is 495. The molecule has 0 bridgehead atoms. The normalized spacial score (nSPS) is 30.1. The minimum Gasteiger partial charge on any atom is -0.351 e. The average molecular weight is 320 g/mol. The van der Waals surface area contributed by atoms with Crippen molar-refractivity contribution in [1.29, 1.82) is 0 Å². The van der Waals surface area contributed by atoms with Crippen molar-refractivity contribution in [3.8, 4) is 0 Å². The Morgan fingerprint density at radius 3 is 2.55 bits per heavy atom. The maximum atomic E-state index is 13.3. The van der Waals surface area contributed by atoms with Gasteiger partial charge in [-0.15, -0.1) is 0 Å². The lowest BCUT2D eigenvalue weighted by atomic mass is 9.85. The molecule has 0 amide bonds. The molecule has 3 heteroatoms. The average Bonchev–Trinajstić information content (AvgIpc) is 3.31. The second kappa shape index (κ2) is 7.27. The third-order valence-electron chi connectivity index (χ3n) is 5.21. The fourth-order valence-electron chi connectivity index (χ4n) is 3.93. The number of benzene rings is 1. The highest BCUT2D eigenvalue weighted by Crippen LogP contribution is 2.54. The zero-order valence-corrected chi connectivity index (χ0v) is 14.4. The van der Waals surface area contributed by atoms with E-state index in [9.17, 15) is 4.21 Å². The molecule has 0 aromatic heterocycles. The summed E-state index contributed by atoms with van der Waals surface area (Å²) in [5.74, 6) is 0.480. The molecule has 2 fully saturated rings. The first-order valence-electron chi connectivity index (χ1n) is 8.93. The molecule has 3 rings (SSSR count). The molecule has 1 aliphatic heterocycles. The first-order chi connectivity index (χ1) is 10.8. The molecule has 0 N–H and O–H groups in total. The SMILES string of the molecule is CCCCCC1OC1(C1CCCCC1)S(=O)c1ccccc1. The standard InChI is InChI=1S/C19H28O2S/c1-2-3-6-15-18-19(21-18,16-11-7-4-8-12-16)22(20)17-13-9-5-10-14-17/h5,9-10,13-14,16,18H,2-4,6-8,11-12,15H2,1H3. The van der Waals surface area contributed by atoms with Gasteiger partial charge in [-0.1, -0.05) is 63.6 Å². The Morgan fingerprint density at radius 1 is 1.14 bits per heavy atom. The fourth-order valence-corrected chi connectivity index (χ4v) is 5.81. The van der Waals surface area contributed by atoms with Gasteiger partial charge in [-0.3, -0.25) is 4.21 Å². The highest BCUT2D eigenvalue weighted by atomic mass is 32.2. The van der Waals surface area contributed by atoms with E-state index in [2.05, 4.69) is 6.92 Å². The summed E-state index contributed by atoms with van der Waals surface area (Å²) in [4.78, 5) is 0.557. The smallest absolute Gasteiger partial charge is 0.176 e. The summed E-state index contributed by atoms with van der Waals surface area (Å²) < 4.78 is 19.5. The summed E-state index contributed by atoms with van der Waals surface area (Å²) >= 11 is 0. The zero-order valence-electron chi connectivity index (χ0n) is 13.6. The van der Waals surface area contributed by atoms with E-state index < -0.39 is 10.8 Å². The number of ether oxygens (including phenoxy) is 1. The van der Waals surface area contributed by atoms with Crippen molar-refractivity contribution < 1.29 is 8.95 Å². The minimum absolute atomic E-state index is 0.211. The molecule has 3 atom stereocenters. The summed E-state index contributed by atoms with van der Waals surface area (Å²) in [5.41, 5.74) is 0. The highest BCUT2D eigenvalue weighted by Gasteiger charge is 2.65. The first kappa shape index (κ1) is 16.2. The quantitative estimate of drug-likeness (QED) is 0.520. The molecular weight excluding hydrogens is 292 g/mol. The Balaban J connectivity index is 1.77. The van der Waals surface area contributed by atoms with Crippen LogP contribution in [-0.2, 0) is 15.5 Å². The van der Waals surface area contributed by atoms with E-state index in [0.717, 1.165) is 11.3 Å². The third kappa shape index (κ3) is 3.16. The van der Waals surface area contributed by atoms with Crippen molar-refractivity contribution in [3.05, 3.63) is 30.3 Å². The van der Waals surface area contributed by atoms with Gasteiger partial charge in [0, 0.05) is 10.8 Å². The molecule has 1 aromatic rings. The van der Waals surface area contributed by atoms with Crippen LogP contribution in [0, 0.1) is 5.92 Å². The predicted molar refractivity (Wildman–Crippen MR) is 91.2 cm³/mol. The fraction of sp³-hybridized carbons (Fsp3) is 0.684. The maximum Gasteiger partial charge on any atom is 0.176 e. The zero-order chi connectivity index (χ0) is 15.4. The summed E-state index contributed by atoms with van der Waals surface area (Å²) in [6.45, 7) is 2.23. The van der Waals surface area contributed by atoms with Crippen LogP contribution in [0.5, 0.6) is 0 Å². The molecule has 2 aliphatic rings. The second-order valence-corrected chi connectivity index (χ2v) is 8.39. The molecule has 1 aromatic carbocycles. The lowest BCUT2D eigenvalue weighted by molar-refractivity contribution is 0.235. The van der Waals surface area contributed by atoms with Gasteiger partial charge in [0.15, 0.2) is 4.93 Å². The van der Waals surface area contributed by atoms with Gasteiger partial charge in [-0.25, -0.2) is 0 Å². The molecule has 3 unspecified atom stereocenters. The summed E-state index contributed by atoms with van der Waals surface area (Å²) in [6.07, 6.45) is 11.2. The number of unbranched alkanes of at least 4 members (excludes halogenated alkanes) is 2. The number of hydrogen-bond acceptors (Lipinski definition) is 2. The van der Waals surface area contributed by atoms with E-state index in [0.29, 0.717) is 5.92 Å². The van der Waals surface area contributed by atoms with E-state index in [1.807, 2.05) is 30.3 Å². The van der Waals surface area contributed by atoms with Crippen molar-refractivity contribution in [3.63, 3.8) is 0 Å². The van der Waals surface area contributed by atoms with Gasteiger partial charge < -0.3 is 4.74 Å².